The lowest BCUT2D eigenvalue weighted by atomic mass is 10.5. The Labute approximate surface area is 75.3 Å². The van der Waals surface area contributed by atoms with E-state index in [1.165, 1.54) is 0 Å². The van der Waals surface area contributed by atoms with Crippen molar-refractivity contribution in [2.45, 2.75) is 0 Å². The number of nitrogens with two attached hydrogens (primary N) is 1. The van der Waals surface area contributed by atoms with E-state index in [1.807, 2.05) is 17.8 Å². The van der Waals surface area contributed by atoms with E-state index < -0.39 is 0 Å². The minimum atomic E-state index is 0.554. The minimum absolute atomic E-state index is 0.554. The molecule has 2 aromatic rings. The standard InChI is InChI=1S/C8H9N5/c1-13-3-2-10-8(13)7-11-4-6(9)5-12-7/h2-5H,9H2,1H3. The van der Waals surface area contributed by atoms with Crippen LogP contribution in [0.4, 0.5) is 5.69 Å². The number of anilines is 1. The Hall–Kier alpha value is -1.91. The topological polar surface area (TPSA) is 69.6 Å². The number of imidazole rings is 1. The Morgan fingerprint density at radius 3 is 2.46 bits per heavy atom. The average Bonchev–Trinajstić information content (AvgIpc) is 2.53. The first-order chi connectivity index (χ1) is 6.27. The Morgan fingerprint density at radius 2 is 1.92 bits per heavy atom. The maximum Gasteiger partial charge on any atom is 0.195 e. The van der Waals surface area contributed by atoms with Crippen LogP contribution < -0.4 is 5.73 Å². The molecule has 0 fully saturated rings. The van der Waals surface area contributed by atoms with Gasteiger partial charge in [-0.25, -0.2) is 15.0 Å². The summed E-state index contributed by atoms with van der Waals surface area (Å²) in [5.74, 6) is 1.32. The van der Waals surface area contributed by atoms with Crippen LogP contribution in [-0.4, -0.2) is 19.5 Å². The van der Waals surface area contributed by atoms with Crippen LogP contribution in [0.15, 0.2) is 24.8 Å². The molecule has 5 nitrogen and oxygen atoms in total. The van der Waals surface area contributed by atoms with E-state index in [-0.39, 0.29) is 0 Å². The lowest BCUT2D eigenvalue weighted by molar-refractivity contribution is 0.906. The predicted octanol–water partition coefficient (Wildman–Crippen LogP) is 0.459. The summed E-state index contributed by atoms with van der Waals surface area (Å²) in [7, 11) is 1.89. The molecule has 2 N–H and O–H groups in total. The summed E-state index contributed by atoms with van der Waals surface area (Å²) >= 11 is 0. The van der Waals surface area contributed by atoms with Crippen molar-refractivity contribution in [1.82, 2.24) is 19.5 Å². The number of hydrogen-bond acceptors (Lipinski definition) is 4. The molecule has 0 atom stereocenters. The van der Waals surface area contributed by atoms with Gasteiger partial charge in [0.05, 0.1) is 18.1 Å². The fourth-order valence-electron chi connectivity index (χ4n) is 1.03. The quantitative estimate of drug-likeness (QED) is 0.683. The van der Waals surface area contributed by atoms with Gasteiger partial charge in [0.15, 0.2) is 11.6 Å². The zero-order valence-corrected chi connectivity index (χ0v) is 7.18. The highest BCUT2D eigenvalue weighted by Crippen LogP contribution is 2.10. The molecule has 0 amide bonds. The average molecular weight is 175 g/mol. The zero-order valence-electron chi connectivity index (χ0n) is 7.18. The molecular formula is C8H9N5. The second-order valence-corrected chi connectivity index (χ2v) is 2.70. The van der Waals surface area contributed by atoms with E-state index >= 15 is 0 Å². The molecular weight excluding hydrogens is 166 g/mol. The lowest BCUT2D eigenvalue weighted by Gasteiger charge is -1.99. The third kappa shape index (κ3) is 1.35. The van der Waals surface area contributed by atoms with E-state index in [4.69, 9.17) is 5.73 Å². The first-order valence-corrected chi connectivity index (χ1v) is 3.82. The Balaban J connectivity index is 2.47. The SMILES string of the molecule is Cn1ccnc1-c1ncc(N)cn1. The smallest absolute Gasteiger partial charge is 0.195 e. The van der Waals surface area contributed by atoms with Gasteiger partial charge in [0.1, 0.15) is 0 Å². The Morgan fingerprint density at radius 1 is 1.23 bits per heavy atom. The molecule has 0 spiro atoms. The molecule has 13 heavy (non-hydrogen) atoms. The molecule has 0 aliphatic carbocycles. The van der Waals surface area contributed by atoms with Crippen LogP contribution >= 0.6 is 0 Å². The van der Waals surface area contributed by atoms with Gasteiger partial charge in [0.2, 0.25) is 0 Å². The van der Waals surface area contributed by atoms with Gasteiger partial charge < -0.3 is 10.3 Å². The van der Waals surface area contributed by atoms with Crippen molar-refractivity contribution in [2.75, 3.05) is 5.73 Å². The van der Waals surface area contributed by atoms with Crippen LogP contribution in [0, 0.1) is 0 Å². The molecule has 2 aromatic heterocycles. The van der Waals surface area contributed by atoms with Crippen LogP contribution in [0.25, 0.3) is 11.6 Å². The number of aryl methyl sites for hydroxylation is 1. The van der Waals surface area contributed by atoms with Crippen LogP contribution in [-0.2, 0) is 7.05 Å². The summed E-state index contributed by atoms with van der Waals surface area (Å²) in [5.41, 5.74) is 6.02. The summed E-state index contributed by atoms with van der Waals surface area (Å²) in [5, 5.41) is 0. The van der Waals surface area contributed by atoms with Gasteiger partial charge in [0.25, 0.3) is 0 Å². The first-order valence-electron chi connectivity index (χ1n) is 3.82. The lowest BCUT2D eigenvalue weighted by Crippen LogP contribution is -1.97. The molecule has 0 unspecified atom stereocenters. The van der Waals surface area contributed by atoms with Gasteiger partial charge in [-0.2, -0.15) is 0 Å². The maximum atomic E-state index is 5.47. The fraction of sp³-hybridized carbons (Fsp3) is 0.125. The third-order valence-electron chi connectivity index (χ3n) is 1.69. The van der Waals surface area contributed by atoms with Crippen molar-refractivity contribution in [2.24, 2.45) is 7.05 Å². The number of aromatic nitrogens is 4. The van der Waals surface area contributed by atoms with Gasteiger partial charge in [-0.15, -0.1) is 0 Å². The van der Waals surface area contributed by atoms with Crippen molar-refractivity contribution in [1.29, 1.82) is 0 Å². The van der Waals surface area contributed by atoms with Crippen LogP contribution in [0.5, 0.6) is 0 Å². The summed E-state index contributed by atoms with van der Waals surface area (Å²) in [6.45, 7) is 0. The van der Waals surface area contributed by atoms with Gasteiger partial charge in [-0.1, -0.05) is 0 Å². The minimum Gasteiger partial charge on any atom is -0.396 e. The largest absolute Gasteiger partial charge is 0.396 e. The summed E-state index contributed by atoms with van der Waals surface area (Å²) in [6, 6.07) is 0. The fourth-order valence-corrected chi connectivity index (χ4v) is 1.03. The van der Waals surface area contributed by atoms with Crippen LogP contribution in [0.2, 0.25) is 0 Å². The molecule has 2 rings (SSSR count). The highest BCUT2D eigenvalue weighted by atomic mass is 15.1. The molecule has 0 saturated heterocycles. The molecule has 0 aromatic carbocycles. The first kappa shape index (κ1) is 7.72. The van der Waals surface area contributed by atoms with Gasteiger partial charge in [-0.3, -0.25) is 0 Å². The normalized spacial score (nSPS) is 10.2. The number of nitrogen functional groups attached to an aromatic ring is 1. The van der Waals surface area contributed by atoms with Gasteiger partial charge >= 0.3 is 0 Å². The molecule has 0 radical (unpaired) electrons. The van der Waals surface area contributed by atoms with E-state index in [2.05, 4.69) is 15.0 Å². The highest BCUT2D eigenvalue weighted by Gasteiger charge is 2.04. The predicted molar refractivity (Wildman–Crippen MR) is 48.6 cm³/mol. The number of rotatable bonds is 1. The third-order valence-corrected chi connectivity index (χ3v) is 1.69. The summed E-state index contributed by atoms with van der Waals surface area (Å²) < 4.78 is 1.85. The molecule has 0 bridgehead atoms. The van der Waals surface area contributed by atoms with Gasteiger partial charge in [0, 0.05) is 19.4 Å². The van der Waals surface area contributed by atoms with Crippen molar-refractivity contribution >= 4 is 5.69 Å². The molecule has 2 heterocycles. The van der Waals surface area contributed by atoms with Crippen molar-refractivity contribution in [3.63, 3.8) is 0 Å². The van der Waals surface area contributed by atoms with Crippen LogP contribution in [0.1, 0.15) is 0 Å². The maximum absolute atomic E-state index is 5.47. The Kier molecular flexibility index (Phi) is 1.70. The zero-order chi connectivity index (χ0) is 9.26. The second kappa shape index (κ2) is 2.85. The number of nitrogens with zero attached hydrogens (tertiary/aromatic N) is 4. The van der Waals surface area contributed by atoms with Crippen LogP contribution in [0.3, 0.4) is 0 Å². The van der Waals surface area contributed by atoms with Crippen molar-refractivity contribution in [3.05, 3.63) is 24.8 Å². The van der Waals surface area contributed by atoms with E-state index in [0.717, 1.165) is 5.82 Å². The van der Waals surface area contributed by atoms with E-state index in [0.29, 0.717) is 11.5 Å². The molecule has 0 saturated carbocycles. The van der Waals surface area contributed by atoms with Gasteiger partial charge in [-0.05, 0) is 0 Å². The van der Waals surface area contributed by atoms with E-state index in [9.17, 15) is 0 Å². The number of hydrogen-bond donors (Lipinski definition) is 1. The second-order valence-electron chi connectivity index (χ2n) is 2.70. The van der Waals surface area contributed by atoms with Crippen molar-refractivity contribution < 1.29 is 0 Å². The Bertz CT molecular complexity index is 403. The molecule has 5 heteroatoms. The molecule has 0 aliphatic rings. The monoisotopic (exact) mass is 175 g/mol. The van der Waals surface area contributed by atoms with Crippen molar-refractivity contribution in [3.8, 4) is 11.6 Å². The summed E-state index contributed by atoms with van der Waals surface area (Å²) in [6.07, 6.45) is 6.68. The molecule has 66 valence electrons. The molecule has 0 aliphatic heterocycles. The van der Waals surface area contributed by atoms with E-state index in [1.54, 1.807) is 18.6 Å². The summed E-state index contributed by atoms with van der Waals surface area (Å²) in [4.78, 5) is 12.2. The highest BCUT2D eigenvalue weighted by molar-refractivity contribution is 5.45.